The van der Waals surface area contributed by atoms with Crippen molar-refractivity contribution < 1.29 is 19.1 Å². The second kappa shape index (κ2) is 13.0. The molecule has 4 bridgehead atoms. The van der Waals surface area contributed by atoms with Gasteiger partial charge in [0.25, 0.3) is 11.8 Å². The number of carbonyl (C=O) groups is 2. The lowest BCUT2D eigenvalue weighted by Crippen LogP contribution is -2.25. The summed E-state index contributed by atoms with van der Waals surface area (Å²) >= 11 is 0. The first-order valence-corrected chi connectivity index (χ1v) is 11.7. The van der Waals surface area contributed by atoms with Crippen LogP contribution < -0.4 is 21.1 Å². The molecule has 184 valence electrons. The Bertz CT molecular complexity index is 1130. The second-order valence-corrected chi connectivity index (χ2v) is 7.44. The Morgan fingerprint density at radius 3 is 2.40 bits per heavy atom. The lowest BCUT2D eigenvalue weighted by Gasteiger charge is -2.13. The SMILES string of the molecule is CC.Nc1ncc2nc1C(=O)Nc1ccccc1OCCCOCCCNC(=O)c1ccc-2cc1. The largest absolute Gasteiger partial charge is 0.491 e. The minimum absolute atomic E-state index is 0.00316. The third-order valence-electron chi connectivity index (χ3n) is 5.04. The molecule has 0 aliphatic carbocycles. The summed E-state index contributed by atoms with van der Waals surface area (Å²) in [7, 11) is 0. The summed E-state index contributed by atoms with van der Waals surface area (Å²) in [6.07, 6.45) is 2.89. The highest BCUT2D eigenvalue weighted by Crippen LogP contribution is 2.25. The molecular formula is C26H31N5O4. The number of aromatic nitrogens is 2. The van der Waals surface area contributed by atoms with Crippen LogP contribution in [0.4, 0.5) is 11.5 Å². The van der Waals surface area contributed by atoms with E-state index in [0.717, 1.165) is 0 Å². The summed E-state index contributed by atoms with van der Waals surface area (Å²) < 4.78 is 11.4. The summed E-state index contributed by atoms with van der Waals surface area (Å²) in [5, 5.41) is 5.69. The van der Waals surface area contributed by atoms with E-state index in [4.69, 9.17) is 15.2 Å². The van der Waals surface area contributed by atoms with Gasteiger partial charge >= 0.3 is 0 Å². The number of nitrogens with one attached hydrogen (secondary N) is 2. The molecule has 2 aromatic carbocycles. The first-order valence-electron chi connectivity index (χ1n) is 11.7. The van der Waals surface area contributed by atoms with E-state index >= 15 is 0 Å². The fourth-order valence-electron chi connectivity index (χ4n) is 3.30. The molecule has 3 aromatic rings. The van der Waals surface area contributed by atoms with Gasteiger partial charge in [-0.1, -0.05) is 38.1 Å². The number of nitrogen functional groups attached to an aromatic ring is 1. The van der Waals surface area contributed by atoms with Crippen LogP contribution in [0, 0.1) is 0 Å². The third-order valence-corrected chi connectivity index (χ3v) is 5.04. The van der Waals surface area contributed by atoms with E-state index in [-0.39, 0.29) is 17.4 Å². The maximum atomic E-state index is 13.0. The summed E-state index contributed by atoms with van der Waals surface area (Å²) in [6, 6.07) is 14.1. The van der Waals surface area contributed by atoms with Crippen molar-refractivity contribution in [2.75, 3.05) is 37.4 Å². The number of para-hydroxylation sites is 2. The Labute approximate surface area is 205 Å². The Morgan fingerprint density at radius 2 is 1.60 bits per heavy atom. The summed E-state index contributed by atoms with van der Waals surface area (Å²) in [5.74, 6) is -0.107. The number of nitrogens with two attached hydrogens (primary N) is 1. The topological polar surface area (TPSA) is 128 Å². The molecule has 1 aromatic heterocycles. The molecule has 9 heteroatoms. The van der Waals surface area contributed by atoms with Crippen molar-refractivity contribution in [1.29, 1.82) is 0 Å². The number of benzene rings is 2. The van der Waals surface area contributed by atoms with Crippen LogP contribution in [0.15, 0.2) is 54.7 Å². The number of anilines is 2. The zero-order valence-corrected chi connectivity index (χ0v) is 20.0. The maximum absolute atomic E-state index is 13.0. The van der Waals surface area contributed by atoms with Crippen molar-refractivity contribution in [2.24, 2.45) is 0 Å². The number of carbonyl (C=O) groups excluding carboxylic acids is 2. The predicted octanol–water partition coefficient (Wildman–Crippen LogP) is 3.92. The Hall–Kier alpha value is -3.98. The zero-order valence-electron chi connectivity index (χ0n) is 20.0. The number of amides is 2. The molecule has 3 heterocycles. The van der Waals surface area contributed by atoms with E-state index in [2.05, 4.69) is 20.6 Å². The molecule has 2 aliphatic heterocycles. The number of fused-ring (bicyclic) bond motifs is 12. The van der Waals surface area contributed by atoms with Gasteiger partial charge in [0.2, 0.25) is 0 Å². The standard InChI is InChI=1S/C24H25N5O4.C2H6/c25-22-21-24(31)29-18-5-1-2-6-20(18)33-14-4-13-32-12-3-11-26-23(30)17-9-7-16(8-10-17)19(28-21)15-27-22;1-2/h1-2,5-10,15H,3-4,11-14H2,(H2,25,27)(H,26,30)(H,29,31);1-2H3. The van der Waals surface area contributed by atoms with Gasteiger partial charge < -0.3 is 25.8 Å². The van der Waals surface area contributed by atoms with Crippen molar-refractivity contribution in [3.8, 4) is 17.0 Å². The fourth-order valence-corrected chi connectivity index (χ4v) is 3.30. The fraction of sp³-hybridized carbons (Fsp3) is 0.308. The van der Waals surface area contributed by atoms with Crippen molar-refractivity contribution >= 4 is 23.3 Å². The van der Waals surface area contributed by atoms with Crippen LogP contribution in [0.1, 0.15) is 47.5 Å². The van der Waals surface area contributed by atoms with Crippen LogP contribution in [-0.4, -0.2) is 48.1 Å². The van der Waals surface area contributed by atoms with E-state index in [9.17, 15) is 9.59 Å². The molecule has 4 N–H and O–H groups in total. The minimum Gasteiger partial charge on any atom is -0.491 e. The average Bonchev–Trinajstić information content (AvgIpc) is 2.89. The highest BCUT2D eigenvalue weighted by Gasteiger charge is 2.17. The number of rotatable bonds is 0. The van der Waals surface area contributed by atoms with Crippen LogP contribution in [0.3, 0.4) is 0 Å². The van der Waals surface area contributed by atoms with Crippen LogP contribution >= 0.6 is 0 Å². The first kappa shape index (κ1) is 25.6. The van der Waals surface area contributed by atoms with Crippen molar-refractivity contribution in [2.45, 2.75) is 26.7 Å². The van der Waals surface area contributed by atoms with Crippen LogP contribution in [0.5, 0.6) is 5.75 Å². The second-order valence-electron chi connectivity index (χ2n) is 7.44. The average molecular weight is 478 g/mol. The highest BCUT2D eigenvalue weighted by molar-refractivity contribution is 6.06. The van der Waals surface area contributed by atoms with Crippen molar-refractivity contribution in [3.05, 3.63) is 66.0 Å². The number of hydrogen-bond donors (Lipinski definition) is 3. The highest BCUT2D eigenvalue weighted by atomic mass is 16.5. The van der Waals surface area contributed by atoms with Crippen molar-refractivity contribution in [3.63, 3.8) is 0 Å². The Kier molecular flexibility index (Phi) is 9.56. The molecule has 0 radical (unpaired) electrons. The number of hydrogen-bond acceptors (Lipinski definition) is 7. The van der Waals surface area contributed by atoms with Gasteiger partial charge in [0.15, 0.2) is 11.5 Å². The van der Waals surface area contributed by atoms with Crippen LogP contribution in [-0.2, 0) is 4.74 Å². The van der Waals surface area contributed by atoms with E-state index in [1.165, 1.54) is 6.20 Å². The first-order chi connectivity index (χ1) is 17.1. The van der Waals surface area contributed by atoms with Gasteiger partial charge in [0.1, 0.15) is 5.75 Å². The Balaban J connectivity index is 0.00000167. The third kappa shape index (κ3) is 7.00. The lowest BCUT2D eigenvalue weighted by atomic mass is 10.1. The van der Waals surface area contributed by atoms with E-state index in [1.54, 1.807) is 42.5 Å². The van der Waals surface area contributed by atoms with E-state index < -0.39 is 5.91 Å². The smallest absolute Gasteiger partial charge is 0.278 e. The van der Waals surface area contributed by atoms with Crippen LogP contribution in [0.2, 0.25) is 0 Å². The van der Waals surface area contributed by atoms with Crippen LogP contribution in [0.25, 0.3) is 11.3 Å². The van der Waals surface area contributed by atoms with Gasteiger partial charge in [0.05, 0.1) is 24.2 Å². The molecule has 0 unspecified atom stereocenters. The molecule has 5 rings (SSSR count). The molecule has 0 saturated carbocycles. The van der Waals surface area contributed by atoms with Crippen molar-refractivity contribution in [1.82, 2.24) is 15.3 Å². The predicted molar refractivity (Wildman–Crippen MR) is 136 cm³/mol. The maximum Gasteiger partial charge on any atom is 0.278 e. The monoisotopic (exact) mass is 477 g/mol. The molecular weight excluding hydrogens is 446 g/mol. The zero-order chi connectivity index (χ0) is 25.0. The molecule has 35 heavy (non-hydrogen) atoms. The summed E-state index contributed by atoms with van der Waals surface area (Å²) in [4.78, 5) is 33.9. The quantitative estimate of drug-likeness (QED) is 0.447. The molecule has 9 nitrogen and oxygen atoms in total. The van der Waals surface area contributed by atoms with Gasteiger partial charge in [-0.25, -0.2) is 9.97 Å². The van der Waals surface area contributed by atoms with Gasteiger partial charge in [-0.05, 0) is 30.7 Å². The van der Waals surface area contributed by atoms with Gasteiger partial charge in [-0.3, -0.25) is 9.59 Å². The molecule has 2 aliphatic rings. The normalized spacial score (nSPS) is 14.7. The molecule has 0 fully saturated rings. The van der Waals surface area contributed by atoms with E-state index in [0.29, 0.717) is 67.5 Å². The molecule has 0 spiro atoms. The van der Waals surface area contributed by atoms with Gasteiger partial charge in [-0.2, -0.15) is 0 Å². The Morgan fingerprint density at radius 1 is 0.886 bits per heavy atom. The number of ether oxygens (including phenoxy) is 2. The van der Waals surface area contributed by atoms with Gasteiger partial charge in [0, 0.05) is 37.3 Å². The molecule has 2 amide bonds. The number of nitrogens with zero attached hydrogens (tertiary/aromatic N) is 2. The van der Waals surface area contributed by atoms with Gasteiger partial charge in [-0.15, -0.1) is 0 Å². The molecule has 0 atom stereocenters. The van der Waals surface area contributed by atoms with E-state index in [1.807, 2.05) is 19.9 Å². The molecule has 0 saturated heterocycles. The lowest BCUT2D eigenvalue weighted by molar-refractivity contribution is 0.0935. The minimum atomic E-state index is -0.497. The summed E-state index contributed by atoms with van der Waals surface area (Å²) in [6.45, 7) is 6.02. The summed E-state index contributed by atoms with van der Waals surface area (Å²) in [5.41, 5.74) is 8.16.